The van der Waals surface area contributed by atoms with Crippen molar-refractivity contribution in [1.82, 2.24) is 5.32 Å². The smallest absolute Gasteiger partial charge is 0.293 e. The molecule has 1 aliphatic rings. The number of aliphatic hydroxyl groups excluding tert-OH is 1. The summed E-state index contributed by atoms with van der Waals surface area (Å²) in [6, 6.07) is 0. The molecule has 1 rings (SSSR count). The maximum Gasteiger partial charge on any atom is 0.293 e. The maximum absolute atomic E-state index is 9.60. The van der Waals surface area contributed by atoms with Crippen LogP contribution in [0.2, 0.25) is 0 Å². The molecule has 1 fully saturated rings. The predicted molar refractivity (Wildman–Crippen MR) is 55.0 cm³/mol. The Morgan fingerprint density at radius 3 is 2.00 bits per heavy atom. The first-order chi connectivity index (χ1) is 6.45. The zero-order chi connectivity index (χ0) is 11.0. The summed E-state index contributed by atoms with van der Waals surface area (Å²) >= 11 is 0. The molecule has 14 heavy (non-hydrogen) atoms. The fourth-order valence-electron chi connectivity index (χ4n) is 0.951. The van der Waals surface area contributed by atoms with Gasteiger partial charge in [0.05, 0.1) is 6.10 Å². The summed E-state index contributed by atoms with van der Waals surface area (Å²) in [5, 5.41) is 12.0. The molecule has 1 heterocycles. The standard InChI is InChI=1S/C5H11NO.C5H10O2/c7-5-1-3-6-4-2-5;1-5(2,3)7-4-6/h5-7H,1-4H2;4H,1-3H3. The minimum absolute atomic E-state index is 0.0266. The van der Waals surface area contributed by atoms with Crippen LogP contribution in [0.4, 0.5) is 0 Å². The summed E-state index contributed by atoms with van der Waals surface area (Å²) in [5.74, 6) is 0. The highest BCUT2D eigenvalue weighted by Gasteiger charge is 2.07. The number of hydrogen-bond acceptors (Lipinski definition) is 4. The second-order valence-corrected chi connectivity index (χ2v) is 4.31. The number of aliphatic hydroxyl groups is 1. The van der Waals surface area contributed by atoms with Gasteiger partial charge in [0.2, 0.25) is 0 Å². The average Bonchev–Trinajstić information content (AvgIpc) is 2.04. The van der Waals surface area contributed by atoms with Crippen LogP contribution >= 0.6 is 0 Å². The van der Waals surface area contributed by atoms with E-state index in [2.05, 4.69) is 10.1 Å². The summed E-state index contributed by atoms with van der Waals surface area (Å²) in [5.41, 5.74) is -0.318. The molecule has 0 spiro atoms. The van der Waals surface area contributed by atoms with E-state index in [4.69, 9.17) is 5.11 Å². The number of piperidine rings is 1. The van der Waals surface area contributed by atoms with Crippen molar-refractivity contribution in [3.05, 3.63) is 0 Å². The molecule has 84 valence electrons. The Morgan fingerprint density at radius 2 is 1.86 bits per heavy atom. The molecule has 0 aromatic heterocycles. The first-order valence-electron chi connectivity index (χ1n) is 4.96. The van der Waals surface area contributed by atoms with Crippen LogP contribution in [0.15, 0.2) is 0 Å². The van der Waals surface area contributed by atoms with Gasteiger partial charge in [-0.05, 0) is 46.7 Å². The third kappa shape index (κ3) is 9.48. The molecule has 1 saturated heterocycles. The lowest BCUT2D eigenvalue weighted by atomic mass is 10.1. The Balaban J connectivity index is 0.000000241. The molecule has 0 aromatic carbocycles. The van der Waals surface area contributed by atoms with Gasteiger partial charge >= 0.3 is 0 Å². The Morgan fingerprint density at radius 1 is 1.36 bits per heavy atom. The van der Waals surface area contributed by atoms with Crippen molar-refractivity contribution in [2.45, 2.75) is 45.3 Å². The van der Waals surface area contributed by atoms with Crippen LogP contribution in [0, 0.1) is 0 Å². The Kier molecular flexibility index (Phi) is 6.49. The highest BCUT2D eigenvalue weighted by Crippen LogP contribution is 2.02. The molecule has 4 heteroatoms. The SMILES string of the molecule is CC(C)(C)OC=O.OC1CCNCC1. The van der Waals surface area contributed by atoms with Crippen LogP contribution in [0.1, 0.15) is 33.6 Å². The van der Waals surface area contributed by atoms with E-state index in [1.165, 1.54) is 0 Å². The highest BCUT2D eigenvalue weighted by molar-refractivity contribution is 5.37. The van der Waals surface area contributed by atoms with Crippen LogP contribution in [0.25, 0.3) is 0 Å². The molecule has 0 amide bonds. The summed E-state index contributed by atoms with van der Waals surface area (Å²) in [7, 11) is 0. The third-order valence-corrected chi connectivity index (χ3v) is 1.71. The summed E-state index contributed by atoms with van der Waals surface area (Å²) in [6.07, 6.45) is 1.83. The van der Waals surface area contributed by atoms with Crippen LogP contribution in [0.3, 0.4) is 0 Å². The highest BCUT2D eigenvalue weighted by atomic mass is 16.5. The molecule has 0 unspecified atom stereocenters. The lowest BCUT2D eigenvalue weighted by Crippen LogP contribution is -2.30. The van der Waals surface area contributed by atoms with Crippen molar-refractivity contribution < 1.29 is 14.6 Å². The molecule has 0 saturated carbocycles. The third-order valence-electron chi connectivity index (χ3n) is 1.71. The van der Waals surface area contributed by atoms with Gasteiger partial charge < -0.3 is 15.2 Å². The molecule has 0 aromatic rings. The molecule has 1 aliphatic heterocycles. The maximum atomic E-state index is 9.60. The first kappa shape index (κ1) is 13.4. The van der Waals surface area contributed by atoms with Gasteiger partial charge in [0.1, 0.15) is 5.60 Å². The van der Waals surface area contributed by atoms with E-state index in [1.807, 2.05) is 20.8 Å². The van der Waals surface area contributed by atoms with E-state index in [0.717, 1.165) is 25.9 Å². The Labute approximate surface area is 85.6 Å². The largest absolute Gasteiger partial charge is 0.462 e. The second-order valence-electron chi connectivity index (χ2n) is 4.31. The van der Waals surface area contributed by atoms with E-state index in [1.54, 1.807) is 0 Å². The lowest BCUT2D eigenvalue weighted by molar-refractivity contribution is -0.138. The second kappa shape index (κ2) is 6.79. The lowest BCUT2D eigenvalue weighted by Gasteiger charge is -2.16. The molecule has 2 N–H and O–H groups in total. The van der Waals surface area contributed by atoms with Crippen LogP contribution in [-0.4, -0.2) is 36.4 Å². The fraction of sp³-hybridized carbons (Fsp3) is 0.900. The fourth-order valence-corrected chi connectivity index (χ4v) is 0.951. The Bertz CT molecular complexity index is 148. The minimum Gasteiger partial charge on any atom is -0.462 e. The van der Waals surface area contributed by atoms with Crippen molar-refractivity contribution in [3.8, 4) is 0 Å². The van der Waals surface area contributed by atoms with E-state index >= 15 is 0 Å². The topological polar surface area (TPSA) is 58.6 Å². The molecular weight excluding hydrogens is 182 g/mol. The zero-order valence-corrected chi connectivity index (χ0v) is 9.25. The number of carbonyl (C=O) groups is 1. The molecule has 0 bridgehead atoms. The van der Waals surface area contributed by atoms with Gasteiger partial charge in [-0.15, -0.1) is 0 Å². The number of carbonyl (C=O) groups excluding carboxylic acids is 1. The summed E-state index contributed by atoms with van der Waals surface area (Å²) in [6.45, 7) is 7.90. The number of hydrogen-bond donors (Lipinski definition) is 2. The van der Waals surface area contributed by atoms with Crippen molar-refractivity contribution >= 4 is 6.47 Å². The Hall–Kier alpha value is -0.610. The number of rotatable bonds is 1. The van der Waals surface area contributed by atoms with E-state index in [9.17, 15) is 4.79 Å². The first-order valence-corrected chi connectivity index (χ1v) is 4.96. The molecule has 0 aliphatic carbocycles. The molecule has 0 radical (unpaired) electrons. The van der Waals surface area contributed by atoms with E-state index < -0.39 is 0 Å². The van der Waals surface area contributed by atoms with Gasteiger partial charge in [0.25, 0.3) is 6.47 Å². The monoisotopic (exact) mass is 203 g/mol. The average molecular weight is 203 g/mol. The van der Waals surface area contributed by atoms with Gasteiger partial charge in [-0.2, -0.15) is 0 Å². The quantitative estimate of drug-likeness (QED) is 0.616. The van der Waals surface area contributed by atoms with E-state index in [0.29, 0.717) is 6.47 Å². The van der Waals surface area contributed by atoms with Gasteiger partial charge in [-0.1, -0.05) is 0 Å². The number of ether oxygens (including phenoxy) is 1. The van der Waals surface area contributed by atoms with Gasteiger partial charge in [0, 0.05) is 0 Å². The van der Waals surface area contributed by atoms with Gasteiger partial charge in [-0.25, -0.2) is 0 Å². The van der Waals surface area contributed by atoms with Crippen molar-refractivity contribution in [3.63, 3.8) is 0 Å². The molecular formula is C10H21NO3. The molecule has 0 atom stereocenters. The van der Waals surface area contributed by atoms with E-state index in [-0.39, 0.29) is 11.7 Å². The van der Waals surface area contributed by atoms with Crippen molar-refractivity contribution in [2.24, 2.45) is 0 Å². The molecule has 4 nitrogen and oxygen atoms in total. The predicted octanol–water partition coefficient (Wildman–Crippen LogP) is 0.689. The number of nitrogens with one attached hydrogen (secondary N) is 1. The van der Waals surface area contributed by atoms with Crippen LogP contribution < -0.4 is 5.32 Å². The van der Waals surface area contributed by atoms with Crippen LogP contribution in [-0.2, 0) is 9.53 Å². The van der Waals surface area contributed by atoms with Gasteiger partial charge in [0.15, 0.2) is 0 Å². The minimum atomic E-state index is -0.318. The normalized spacial score (nSPS) is 18.0. The van der Waals surface area contributed by atoms with Crippen molar-refractivity contribution in [1.29, 1.82) is 0 Å². The van der Waals surface area contributed by atoms with Crippen LogP contribution in [0.5, 0.6) is 0 Å². The van der Waals surface area contributed by atoms with Crippen molar-refractivity contribution in [2.75, 3.05) is 13.1 Å². The summed E-state index contributed by atoms with van der Waals surface area (Å²) in [4.78, 5) is 9.60. The summed E-state index contributed by atoms with van der Waals surface area (Å²) < 4.78 is 4.55. The zero-order valence-electron chi connectivity index (χ0n) is 9.25. The van der Waals surface area contributed by atoms with Gasteiger partial charge in [-0.3, -0.25) is 4.79 Å².